The Kier molecular flexibility index (Phi) is 1.65. The van der Waals surface area contributed by atoms with Gasteiger partial charge in [0, 0.05) is 25.3 Å². The van der Waals surface area contributed by atoms with E-state index in [-0.39, 0.29) is 18.7 Å². The molecule has 1 rings (SSSR count). The normalized spacial score (nSPS) is 25.5. The largest absolute Gasteiger partial charge is 0.351 e. The minimum atomic E-state index is -2.57. The second kappa shape index (κ2) is 2.16. The molecule has 0 spiro atoms. The van der Waals surface area contributed by atoms with Crippen LogP contribution >= 0.6 is 0 Å². The fourth-order valence-corrected chi connectivity index (χ4v) is 1.60. The van der Waals surface area contributed by atoms with E-state index in [1.807, 2.05) is 0 Å². The second-order valence-electron chi connectivity index (χ2n) is 3.45. The van der Waals surface area contributed by atoms with Gasteiger partial charge in [0.2, 0.25) is 5.91 Å². The van der Waals surface area contributed by atoms with Crippen LogP contribution in [0.3, 0.4) is 0 Å². The monoisotopic (exact) mass is 163 g/mol. The first-order valence-electron chi connectivity index (χ1n) is 3.50. The van der Waals surface area contributed by atoms with Gasteiger partial charge in [-0.25, -0.2) is 8.78 Å². The van der Waals surface area contributed by atoms with Crippen LogP contribution in [0.25, 0.3) is 0 Å². The quantitative estimate of drug-likeness (QED) is 0.620. The van der Waals surface area contributed by atoms with Crippen molar-refractivity contribution in [1.29, 1.82) is 0 Å². The first-order valence-corrected chi connectivity index (χ1v) is 3.50. The molecule has 0 aromatic heterocycles. The van der Waals surface area contributed by atoms with Crippen molar-refractivity contribution in [2.45, 2.75) is 38.2 Å². The van der Waals surface area contributed by atoms with Crippen molar-refractivity contribution in [3.05, 3.63) is 0 Å². The Morgan fingerprint density at radius 2 is 1.91 bits per heavy atom. The molecule has 11 heavy (non-hydrogen) atoms. The lowest BCUT2D eigenvalue weighted by Gasteiger charge is -2.44. The summed E-state index contributed by atoms with van der Waals surface area (Å²) in [5.41, 5.74) is -0.671. The summed E-state index contributed by atoms with van der Waals surface area (Å²) < 4.78 is 24.7. The van der Waals surface area contributed by atoms with E-state index in [2.05, 4.69) is 5.32 Å². The minimum Gasteiger partial charge on any atom is -0.351 e. The van der Waals surface area contributed by atoms with E-state index in [1.54, 1.807) is 6.92 Å². The standard InChI is InChI=1S/C7H11F2NO/c1-5(11)10-6(2)3-7(8,9)4-6/h3-4H2,1-2H3,(H,10,11). The SMILES string of the molecule is CC(=O)NC1(C)CC(F)(F)C1. The van der Waals surface area contributed by atoms with Gasteiger partial charge in [0.05, 0.1) is 0 Å². The van der Waals surface area contributed by atoms with Gasteiger partial charge < -0.3 is 5.32 Å². The van der Waals surface area contributed by atoms with Gasteiger partial charge in [0.1, 0.15) is 0 Å². The van der Waals surface area contributed by atoms with Crippen molar-refractivity contribution in [3.63, 3.8) is 0 Å². The Labute approximate surface area is 64.0 Å². The van der Waals surface area contributed by atoms with Crippen molar-refractivity contribution in [2.75, 3.05) is 0 Å². The number of amides is 1. The number of rotatable bonds is 1. The fraction of sp³-hybridized carbons (Fsp3) is 0.857. The van der Waals surface area contributed by atoms with Crippen molar-refractivity contribution in [2.24, 2.45) is 0 Å². The number of halogens is 2. The highest BCUT2D eigenvalue weighted by Gasteiger charge is 2.54. The molecule has 1 fully saturated rings. The smallest absolute Gasteiger partial charge is 0.252 e. The molecule has 1 aliphatic rings. The number of carbonyl (C=O) groups is 1. The maximum absolute atomic E-state index is 12.3. The third-order valence-corrected chi connectivity index (χ3v) is 1.78. The van der Waals surface area contributed by atoms with Gasteiger partial charge in [-0.05, 0) is 6.92 Å². The van der Waals surface area contributed by atoms with Gasteiger partial charge >= 0.3 is 0 Å². The summed E-state index contributed by atoms with van der Waals surface area (Å²) in [6, 6.07) is 0. The molecule has 64 valence electrons. The highest BCUT2D eigenvalue weighted by molar-refractivity contribution is 5.74. The lowest BCUT2D eigenvalue weighted by Crippen LogP contribution is -2.59. The summed E-state index contributed by atoms with van der Waals surface area (Å²) in [5.74, 6) is -2.82. The van der Waals surface area contributed by atoms with Gasteiger partial charge in [-0.1, -0.05) is 0 Å². The summed E-state index contributed by atoms with van der Waals surface area (Å²) in [6.45, 7) is 2.97. The molecule has 0 aliphatic heterocycles. The first-order chi connectivity index (χ1) is 4.83. The van der Waals surface area contributed by atoms with Crippen LogP contribution in [0.15, 0.2) is 0 Å². The van der Waals surface area contributed by atoms with Crippen LogP contribution in [0.4, 0.5) is 8.78 Å². The molecule has 1 aliphatic carbocycles. The maximum Gasteiger partial charge on any atom is 0.252 e. The van der Waals surface area contributed by atoms with Crippen molar-refractivity contribution >= 4 is 5.91 Å². The summed E-state index contributed by atoms with van der Waals surface area (Å²) in [5, 5.41) is 2.49. The van der Waals surface area contributed by atoms with Crippen molar-refractivity contribution in [1.82, 2.24) is 5.32 Å². The molecule has 0 aromatic rings. The molecule has 0 unspecified atom stereocenters. The van der Waals surface area contributed by atoms with Crippen LogP contribution in [0, 0.1) is 0 Å². The molecule has 0 heterocycles. The average molecular weight is 163 g/mol. The molecule has 0 radical (unpaired) electrons. The first kappa shape index (κ1) is 8.43. The van der Waals surface area contributed by atoms with E-state index < -0.39 is 11.5 Å². The summed E-state index contributed by atoms with van der Waals surface area (Å²) in [7, 11) is 0. The van der Waals surface area contributed by atoms with Crippen LogP contribution in [-0.4, -0.2) is 17.4 Å². The van der Waals surface area contributed by atoms with Crippen molar-refractivity contribution in [3.8, 4) is 0 Å². The third kappa shape index (κ3) is 1.88. The van der Waals surface area contributed by atoms with E-state index in [0.29, 0.717) is 0 Å². The average Bonchev–Trinajstić information content (AvgIpc) is 1.52. The van der Waals surface area contributed by atoms with E-state index in [0.717, 1.165) is 0 Å². The van der Waals surface area contributed by atoms with Crippen LogP contribution in [-0.2, 0) is 4.79 Å². The second-order valence-corrected chi connectivity index (χ2v) is 3.45. The molecule has 1 N–H and O–H groups in total. The highest BCUT2D eigenvalue weighted by Crippen LogP contribution is 2.45. The minimum absolute atomic E-state index is 0.237. The third-order valence-electron chi connectivity index (χ3n) is 1.78. The van der Waals surface area contributed by atoms with E-state index in [4.69, 9.17) is 0 Å². The summed E-state index contributed by atoms with van der Waals surface area (Å²) in [4.78, 5) is 10.5. The summed E-state index contributed by atoms with van der Waals surface area (Å²) >= 11 is 0. The highest BCUT2D eigenvalue weighted by atomic mass is 19.3. The van der Waals surface area contributed by atoms with Crippen LogP contribution < -0.4 is 5.32 Å². The molecule has 1 amide bonds. The number of alkyl halides is 2. The molecule has 0 atom stereocenters. The number of hydrogen-bond acceptors (Lipinski definition) is 1. The van der Waals surface area contributed by atoms with Crippen molar-refractivity contribution < 1.29 is 13.6 Å². The number of nitrogens with one attached hydrogen (secondary N) is 1. The Balaban J connectivity index is 2.43. The van der Waals surface area contributed by atoms with Crippen LogP contribution in [0.1, 0.15) is 26.7 Å². The number of carbonyl (C=O) groups excluding carboxylic acids is 1. The molecule has 0 saturated heterocycles. The zero-order valence-electron chi connectivity index (χ0n) is 6.58. The number of hydrogen-bond donors (Lipinski definition) is 1. The maximum atomic E-state index is 12.3. The molecule has 2 nitrogen and oxygen atoms in total. The molecule has 1 saturated carbocycles. The van der Waals surface area contributed by atoms with Crippen LogP contribution in [0.2, 0.25) is 0 Å². The molecular formula is C7H11F2NO. The fourth-order valence-electron chi connectivity index (χ4n) is 1.60. The Hall–Kier alpha value is -0.670. The topological polar surface area (TPSA) is 29.1 Å². The van der Waals surface area contributed by atoms with Crippen LogP contribution in [0.5, 0.6) is 0 Å². The lowest BCUT2D eigenvalue weighted by molar-refractivity contribution is -0.142. The van der Waals surface area contributed by atoms with Gasteiger partial charge in [0.15, 0.2) is 0 Å². The van der Waals surface area contributed by atoms with Gasteiger partial charge in [-0.3, -0.25) is 4.79 Å². The molecule has 0 bridgehead atoms. The van der Waals surface area contributed by atoms with Gasteiger partial charge in [-0.2, -0.15) is 0 Å². The van der Waals surface area contributed by atoms with Gasteiger partial charge in [-0.15, -0.1) is 0 Å². The summed E-state index contributed by atoms with van der Waals surface area (Å²) in [6.07, 6.45) is -0.473. The Morgan fingerprint density at radius 1 is 1.45 bits per heavy atom. The Morgan fingerprint density at radius 3 is 2.18 bits per heavy atom. The molecule has 4 heteroatoms. The predicted octanol–water partition coefficient (Wildman–Crippen LogP) is 1.31. The van der Waals surface area contributed by atoms with E-state index in [1.165, 1.54) is 6.92 Å². The Bertz CT molecular complexity index is 183. The lowest BCUT2D eigenvalue weighted by atomic mass is 9.75. The molecule has 0 aromatic carbocycles. The van der Waals surface area contributed by atoms with E-state index >= 15 is 0 Å². The zero-order valence-corrected chi connectivity index (χ0v) is 6.58. The molecular weight excluding hydrogens is 152 g/mol. The van der Waals surface area contributed by atoms with E-state index in [9.17, 15) is 13.6 Å². The van der Waals surface area contributed by atoms with Gasteiger partial charge in [0.25, 0.3) is 5.92 Å². The predicted molar refractivity (Wildman–Crippen MR) is 36.4 cm³/mol. The zero-order chi connectivity index (χ0) is 8.70.